The molecule has 0 spiro atoms. The van der Waals surface area contributed by atoms with Crippen LogP contribution in [0.4, 0.5) is 0 Å². The molecule has 0 saturated carbocycles. The number of carboxylic acid groups (broad SMARTS) is 1. The second-order valence-corrected chi connectivity index (χ2v) is 9.00. The summed E-state index contributed by atoms with van der Waals surface area (Å²) in [4.78, 5) is 30.0. The summed E-state index contributed by atoms with van der Waals surface area (Å²) in [5, 5.41) is 10.7. The summed E-state index contributed by atoms with van der Waals surface area (Å²) < 4.78 is 8.90. The maximum atomic E-state index is 13.8. The number of carbonyl (C=O) groups is 1. The third kappa shape index (κ3) is 3.72. The zero-order valence-electron chi connectivity index (χ0n) is 18.2. The lowest BCUT2D eigenvalue weighted by atomic mass is 10.0. The highest BCUT2D eigenvalue weighted by atomic mass is 32.1. The van der Waals surface area contributed by atoms with Gasteiger partial charge in [0.15, 0.2) is 5.65 Å². The molecule has 3 aromatic heterocycles. The van der Waals surface area contributed by atoms with Crippen molar-refractivity contribution in [3.8, 4) is 0 Å². The van der Waals surface area contributed by atoms with E-state index >= 15 is 0 Å². The first-order valence-corrected chi connectivity index (χ1v) is 11.4. The topological polar surface area (TPSA) is 90.0 Å². The first-order valence-electron chi connectivity index (χ1n) is 10.6. The van der Waals surface area contributed by atoms with Crippen LogP contribution >= 0.6 is 11.5 Å². The number of fused-ring (bicyclic) bond motifs is 2. The SMILES string of the molecule is Cc1cc(C)c2c(Cn3c(=O)n([C@H](CC(=O)O)c4ccccc4)c4ncccc43)nsc2c1. The Hall–Kier alpha value is -3.78. The van der Waals surface area contributed by atoms with Gasteiger partial charge < -0.3 is 5.11 Å². The Labute approximate surface area is 193 Å². The van der Waals surface area contributed by atoms with Crippen LogP contribution in [0.3, 0.4) is 0 Å². The van der Waals surface area contributed by atoms with Crippen molar-refractivity contribution < 1.29 is 9.90 Å². The smallest absolute Gasteiger partial charge is 0.331 e. The second kappa shape index (κ2) is 8.29. The maximum Gasteiger partial charge on any atom is 0.331 e. The van der Waals surface area contributed by atoms with Crippen LogP contribution in [-0.4, -0.2) is 29.6 Å². The van der Waals surface area contributed by atoms with E-state index in [0.717, 1.165) is 26.9 Å². The second-order valence-electron chi connectivity index (χ2n) is 8.19. The molecule has 0 bridgehead atoms. The Kier molecular flexibility index (Phi) is 5.30. The number of pyridine rings is 1. The minimum absolute atomic E-state index is 0.225. The molecular weight excluding hydrogens is 436 g/mol. The molecule has 166 valence electrons. The van der Waals surface area contributed by atoms with Gasteiger partial charge in [-0.05, 0) is 60.3 Å². The molecule has 0 aliphatic carbocycles. The predicted octanol–water partition coefficient (Wildman–Crippen LogP) is 4.54. The summed E-state index contributed by atoms with van der Waals surface area (Å²) in [7, 11) is 0. The molecule has 3 heterocycles. The monoisotopic (exact) mass is 458 g/mol. The summed E-state index contributed by atoms with van der Waals surface area (Å²) in [6.07, 6.45) is 1.40. The van der Waals surface area contributed by atoms with Crippen LogP contribution in [0.25, 0.3) is 21.3 Å². The van der Waals surface area contributed by atoms with E-state index in [-0.39, 0.29) is 18.7 Å². The number of rotatable bonds is 6. The number of hydrogen-bond acceptors (Lipinski definition) is 5. The van der Waals surface area contributed by atoms with E-state index in [0.29, 0.717) is 11.2 Å². The largest absolute Gasteiger partial charge is 0.481 e. The van der Waals surface area contributed by atoms with E-state index < -0.39 is 12.0 Å². The Balaban J connectivity index is 1.71. The van der Waals surface area contributed by atoms with Crippen molar-refractivity contribution in [3.05, 3.63) is 93.7 Å². The average molecular weight is 459 g/mol. The number of aryl methyl sites for hydroxylation is 2. The van der Waals surface area contributed by atoms with E-state index in [1.807, 2.05) is 36.4 Å². The van der Waals surface area contributed by atoms with Crippen molar-refractivity contribution in [2.75, 3.05) is 0 Å². The molecule has 33 heavy (non-hydrogen) atoms. The van der Waals surface area contributed by atoms with Gasteiger partial charge in [0, 0.05) is 11.6 Å². The van der Waals surface area contributed by atoms with Gasteiger partial charge in [-0.2, -0.15) is 4.37 Å². The molecule has 1 N–H and O–H groups in total. The van der Waals surface area contributed by atoms with Gasteiger partial charge in [0.1, 0.15) is 0 Å². The highest BCUT2D eigenvalue weighted by Gasteiger charge is 2.25. The van der Waals surface area contributed by atoms with E-state index in [4.69, 9.17) is 0 Å². The van der Waals surface area contributed by atoms with Gasteiger partial charge in [-0.15, -0.1) is 0 Å². The van der Waals surface area contributed by atoms with Crippen LogP contribution in [0.15, 0.2) is 65.6 Å². The van der Waals surface area contributed by atoms with Crippen molar-refractivity contribution in [2.45, 2.75) is 32.9 Å². The Bertz CT molecular complexity index is 1550. The van der Waals surface area contributed by atoms with Gasteiger partial charge in [0.2, 0.25) is 0 Å². The number of carboxylic acids is 1. The predicted molar refractivity (Wildman–Crippen MR) is 129 cm³/mol. The van der Waals surface area contributed by atoms with Gasteiger partial charge >= 0.3 is 11.7 Å². The molecule has 0 radical (unpaired) electrons. The highest BCUT2D eigenvalue weighted by molar-refractivity contribution is 7.13. The standard InChI is InChI=1S/C25H22N4O3S/c1-15-11-16(2)23-18(27-33-21(23)12-15)14-28-19-9-6-10-26-24(19)29(25(28)32)20(13-22(30)31)17-7-4-3-5-8-17/h3-12,20H,13-14H2,1-2H3,(H,30,31)/t20-/m1/s1. The van der Waals surface area contributed by atoms with Crippen LogP contribution in [0, 0.1) is 13.8 Å². The maximum absolute atomic E-state index is 13.8. The van der Waals surface area contributed by atoms with Gasteiger partial charge in [-0.3, -0.25) is 13.9 Å². The lowest BCUT2D eigenvalue weighted by molar-refractivity contribution is -0.137. The molecule has 0 unspecified atom stereocenters. The molecule has 8 heteroatoms. The van der Waals surface area contributed by atoms with Crippen molar-refractivity contribution in [3.63, 3.8) is 0 Å². The molecule has 5 rings (SSSR count). The van der Waals surface area contributed by atoms with E-state index in [1.165, 1.54) is 21.7 Å². The number of benzene rings is 2. The van der Waals surface area contributed by atoms with Gasteiger partial charge in [0.05, 0.1) is 34.9 Å². The van der Waals surface area contributed by atoms with Gasteiger partial charge in [0.25, 0.3) is 0 Å². The summed E-state index contributed by atoms with van der Waals surface area (Å²) in [6.45, 7) is 4.40. The molecule has 2 aromatic carbocycles. The van der Waals surface area contributed by atoms with E-state index in [9.17, 15) is 14.7 Å². The summed E-state index contributed by atoms with van der Waals surface area (Å²) >= 11 is 1.43. The number of hydrogen-bond donors (Lipinski definition) is 1. The van der Waals surface area contributed by atoms with E-state index in [2.05, 4.69) is 35.3 Å². The molecule has 0 aliphatic heterocycles. The number of aliphatic carboxylic acids is 1. The number of aromatic nitrogens is 4. The number of nitrogens with zero attached hydrogens (tertiary/aromatic N) is 4. The zero-order valence-corrected chi connectivity index (χ0v) is 19.0. The lowest BCUT2D eigenvalue weighted by Crippen LogP contribution is -2.30. The van der Waals surface area contributed by atoms with Crippen LogP contribution in [-0.2, 0) is 11.3 Å². The van der Waals surface area contributed by atoms with Gasteiger partial charge in [-0.25, -0.2) is 9.78 Å². The lowest BCUT2D eigenvalue weighted by Gasteiger charge is -2.17. The van der Waals surface area contributed by atoms with Crippen molar-refractivity contribution >= 4 is 38.8 Å². The quantitative estimate of drug-likeness (QED) is 0.404. The van der Waals surface area contributed by atoms with E-state index in [1.54, 1.807) is 16.8 Å². The molecule has 7 nitrogen and oxygen atoms in total. The zero-order chi connectivity index (χ0) is 23.1. The van der Waals surface area contributed by atoms with Crippen molar-refractivity contribution in [2.24, 2.45) is 0 Å². The summed E-state index contributed by atoms with van der Waals surface area (Å²) in [6, 6.07) is 16.4. The van der Waals surface area contributed by atoms with Crippen LogP contribution in [0.2, 0.25) is 0 Å². The third-order valence-electron chi connectivity index (χ3n) is 5.88. The third-order valence-corrected chi connectivity index (χ3v) is 6.71. The molecule has 0 aliphatic rings. The fraction of sp³-hybridized carbons (Fsp3) is 0.200. The average Bonchev–Trinajstić information content (AvgIpc) is 3.32. The first kappa shape index (κ1) is 21.1. The Morgan fingerprint density at radius 2 is 1.91 bits per heavy atom. The summed E-state index contributed by atoms with van der Waals surface area (Å²) in [5.74, 6) is -0.982. The molecular formula is C25H22N4O3S. The highest BCUT2D eigenvalue weighted by Crippen LogP contribution is 2.29. The van der Waals surface area contributed by atoms with Gasteiger partial charge in [-0.1, -0.05) is 36.4 Å². The summed E-state index contributed by atoms with van der Waals surface area (Å²) in [5.41, 5.74) is 4.68. The fourth-order valence-electron chi connectivity index (χ4n) is 4.52. The molecule has 0 fully saturated rings. The molecule has 0 saturated heterocycles. The molecule has 1 atom stereocenters. The minimum Gasteiger partial charge on any atom is -0.481 e. The normalized spacial score (nSPS) is 12.4. The minimum atomic E-state index is -0.982. The molecule has 5 aromatic rings. The fourth-order valence-corrected chi connectivity index (χ4v) is 5.49. The number of imidazole rings is 1. The van der Waals surface area contributed by atoms with Crippen LogP contribution in [0.5, 0.6) is 0 Å². The molecule has 0 amide bonds. The Morgan fingerprint density at radius 3 is 2.67 bits per heavy atom. The Morgan fingerprint density at radius 1 is 1.12 bits per heavy atom. The first-order chi connectivity index (χ1) is 15.9. The van der Waals surface area contributed by atoms with Crippen LogP contribution < -0.4 is 5.69 Å². The van der Waals surface area contributed by atoms with Crippen LogP contribution in [0.1, 0.15) is 34.8 Å². The van der Waals surface area contributed by atoms with Crippen molar-refractivity contribution in [1.29, 1.82) is 0 Å². The van der Waals surface area contributed by atoms with Crippen molar-refractivity contribution in [1.82, 2.24) is 18.5 Å².